The first-order chi connectivity index (χ1) is 15.1. The molecule has 2 atom stereocenters. The zero-order valence-corrected chi connectivity index (χ0v) is 16.1. The molecule has 0 N–H and O–H groups in total. The van der Waals surface area contributed by atoms with E-state index < -0.39 is 48.3 Å². The van der Waals surface area contributed by atoms with Gasteiger partial charge in [0.25, 0.3) is 11.8 Å². The summed E-state index contributed by atoms with van der Waals surface area (Å²) in [6, 6.07) is 10.2. The Hall–Kier alpha value is -3.76. The Labute approximate surface area is 177 Å². The summed E-state index contributed by atoms with van der Waals surface area (Å²) in [7, 11) is 0. The van der Waals surface area contributed by atoms with Crippen molar-refractivity contribution in [2.45, 2.75) is 25.1 Å². The van der Waals surface area contributed by atoms with Crippen molar-refractivity contribution in [3.05, 3.63) is 65.1 Å². The second-order valence-electron chi connectivity index (χ2n) is 7.65. The SMILES string of the molecule is O=C(ON1C(=O)c2ccccc2C1=O)[C@H]1C[C@@H]1c1ccc2c(F)nn(CC(F)(F)F)c2c1. The Kier molecular flexibility index (Phi) is 4.33. The van der Waals surface area contributed by atoms with Crippen LogP contribution in [0.2, 0.25) is 0 Å². The maximum atomic E-state index is 13.9. The molecule has 7 nitrogen and oxygen atoms in total. The molecule has 2 aromatic carbocycles. The zero-order chi connectivity index (χ0) is 22.8. The first kappa shape index (κ1) is 20.2. The maximum Gasteiger partial charge on any atom is 0.408 e. The van der Waals surface area contributed by atoms with Gasteiger partial charge in [-0.3, -0.25) is 14.3 Å². The van der Waals surface area contributed by atoms with Crippen molar-refractivity contribution in [2.75, 3.05) is 0 Å². The van der Waals surface area contributed by atoms with Crippen LogP contribution in [0.5, 0.6) is 0 Å². The van der Waals surface area contributed by atoms with Crippen LogP contribution in [0.25, 0.3) is 10.9 Å². The molecular weight excluding hydrogens is 434 g/mol. The van der Waals surface area contributed by atoms with Gasteiger partial charge in [-0.05, 0) is 42.2 Å². The second kappa shape index (κ2) is 6.87. The number of fused-ring (bicyclic) bond motifs is 2. The van der Waals surface area contributed by atoms with Gasteiger partial charge in [0.2, 0.25) is 5.95 Å². The molecule has 11 heteroatoms. The fourth-order valence-corrected chi connectivity index (χ4v) is 3.90. The summed E-state index contributed by atoms with van der Waals surface area (Å²) in [4.78, 5) is 42.2. The number of rotatable bonds is 4. The van der Waals surface area contributed by atoms with Crippen molar-refractivity contribution in [2.24, 2.45) is 5.92 Å². The molecule has 2 heterocycles. The number of halogens is 4. The second-order valence-corrected chi connectivity index (χ2v) is 7.65. The van der Waals surface area contributed by atoms with E-state index in [-0.39, 0.29) is 22.0 Å². The summed E-state index contributed by atoms with van der Waals surface area (Å²) in [5.74, 6) is -4.42. The first-order valence-electron chi connectivity index (χ1n) is 9.56. The highest BCUT2D eigenvalue weighted by Gasteiger charge is 2.48. The number of nitrogens with zero attached hydrogens (tertiary/aromatic N) is 3. The molecule has 32 heavy (non-hydrogen) atoms. The number of hydroxylamine groups is 2. The number of aromatic nitrogens is 2. The summed E-state index contributed by atoms with van der Waals surface area (Å²) in [6.07, 6.45) is -4.27. The van der Waals surface area contributed by atoms with Gasteiger partial charge in [0.15, 0.2) is 0 Å². The van der Waals surface area contributed by atoms with Crippen molar-refractivity contribution in [1.82, 2.24) is 14.8 Å². The zero-order valence-electron chi connectivity index (χ0n) is 16.1. The molecule has 2 amide bonds. The van der Waals surface area contributed by atoms with E-state index in [0.717, 1.165) is 0 Å². The topological polar surface area (TPSA) is 81.5 Å². The van der Waals surface area contributed by atoms with Crippen LogP contribution < -0.4 is 0 Å². The number of carbonyl (C=O) groups is 3. The van der Waals surface area contributed by atoms with E-state index in [9.17, 15) is 31.9 Å². The van der Waals surface area contributed by atoms with Gasteiger partial charge >= 0.3 is 12.1 Å². The predicted molar refractivity (Wildman–Crippen MR) is 99.6 cm³/mol. The van der Waals surface area contributed by atoms with E-state index in [1.807, 2.05) is 0 Å². The van der Waals surface area contributed by atoms with Crippen LogP contribution in [0, 0.1) is 11.9 Å². The average Bonchev–Trinajstić information content (AvgIpc) is 3.45. The quantitative estimate of drug-likeness (QED) is 0.451. The molecular formula is C21H13F4N3O4. The van der Waals surface area contributed by atoms with Crippen LogP contribution in [-0.2, 0) is 16.2 Å². The summed E-state index contributed by atoms with van der Waals surface area (Å²) in [5, 5.41) is 3.66. The highest BCUT2D eigenvalue weighted by molar-refractivity contribution is 6.20. The van der Waals surface area contributed by atoms with Gasteiger partial charge in [-0.1, -0.05) is 23.3 Å². The fourth-order valence-electron chi connectivity index (χ4n) is 3.90. The predicted octanol–water partition coefficient (Wildman–Crippen LogP) is 3.60. The number of imide groups is 1. The molecule has 164 valence electrons. The van der Waals surface area contributed by atoms with Crippen molar-refractivity contribution < 1.29 is 36.8 Å². The number of benzene rings is 2. The van der Waals surface area contributed by atoms with Gasteiger partial charge in [-0.25, -0.2) is 4.79 Å². The lowest BCUT2D eigenvalue weighted by Gasteiger charge is -2.12. The fraction of sp³-hybridized carbons (Fsp3) is 0.238. The lowest BCUT2D eigenvalue weighted by Crippen LogP contribution is -2.33. The van der Waals surface area contributed by atoms with E-state index in [0.29, 0.717) is 21.7 Å². The average molecular weight is 447 g/mol. The minimum atomic E-state index is -4.58. The van der Waals surface area contributed by atoms with Crippen LogP contribution in [-0.4, -0.2) is 38.8 Å². The summed E-state index contributed by atoms with van der Waals surface area (Å²) in [5.41, 5.74) is 0.716. The third-order valence-electron chi connectivity index (χ3n) is 5.52. The summed E-state index contributed by atoms with van der Waals surface area (Å²) < 4.78 is 52.7. The Bertz CT molecular complexity index is 1260. The minimum Gasteiger partial charge on any atom is -0.329 e. The Morgan fingerprint density at radius 2 is 1.75 bits per heavy atom. The summed E-state index contributed by atoms with van der Waals surface area (Å²) in [6.45, 7) is -1.45. The van der Waals surface area contributed by atoms with Crippen molar-refractivity contribution >= 4 is 28.7 Å². The van der Waals surface area contributed by atoms with Gasteiger partial charge in [-0.2, -0.15) is 17.6 Å². The molecule has 1 aromatic heterocycles. The van der Waals surface area contributed by atoms with Crippen LogP contribution >= 0.6 is 0 Å². The highest BCUT2D eigenvalue weighted by atomic mass is 19.4. The van der Waals surface area contributed by atoms with E-state index in [1.54, 1.807) is 12.1 Å². The molecule has 1 aliphatic heterocycles. The number of alkyl halides is 3. The molecule has 5 rings (SSSR count). The van der Waals surface area contributed by atoms with Gasteiger partial charge in [0, 0.05) is 0 Å². The molecule has 0 unspecified atom stereocenters. The normalized spacial score (nSPS) is 20.1. The van der Waals surface area contributed by atoms with Crippen LogP contribution in [0.4, 0.5) is 17.6 Å². The number of amides is 2. The Balaban J connectivity index is 1.33. The van der Waals surface area contributed by atoms with E-state index >= 15 is 0 Å². The smallest absolute Gasteiger partial charge is 0.329 e. The molecule has 1 aliphatic carbocycles. The minimum absolute atomic E-state index is 0.0447. The van der Waals surface area contributed by atoms with Gasteiger partial charge in [0.1, 0.15) is 6.54 Å². The molecule has 1 fully saturated rings. The molecule has 0 bridgehead atoms. The van der Waals surface area contributed by atoms with Crippen LogP contribution in [0.3, 0.4) is 0 Å². The van der Waals surface area contributed by atoms with Crippen LogP contribution in [0.15, 0.2) is 42.5 Å². The Morgan fingerprint density at radius 3 is 2.38 bits per heavy atom. The molecule has 0 saturated heterocycles. The third kappa shape index (κ3) is 3.29. The summed E-state index contributed by atoms with van der Waals surface area (Å²) >= 11 is 0. The van der Waals surface area contributed by atoms with Crippen molar-refractivity contribution in [3.63, 3.8) is 0 Å². The molecule has 2 aliphatic rings. The highest BCUT2D eigenvalue weighted by Crippen LogP contribution is 2.49. The molecule has 0 spiro atoms. The first-order valence-corrected chi connectivity index (χ1v) is 9.56. The third-order valence-corrected chi connectivity index (χ3v) is 5.52. The number of carbonyl (C=O) groups excluding carboxylic acids is 3. The monoisotopic (exact) mass is 447 g/mol. The van der Waals surface area contributed by atoms with Gasteiger partial charge in [-0.15, -0.1) is 5.10 Å². The van der Waals surface area contributed by atoms with E-state index in [2.05, 4.69) is 5.10 Å². The lowest BCUT2D eigenvalue weighted by atomic mass is 10.1. The van der Waals surface area contributed by atoms with E-state index in [1.165, 1.54) is 30.3 Å². The van der Waals surface area contributed by atoms with Crippen LogP contribution in [0.1, 0.15) is 38.6 Å². The lowest BCUT2D eigenvalue weighted by molar-refractivity contribution is -0.170. The van der Waals surface area contributed by atoms with Crippen molar-refractivity contribution in [3.8, 4) is 0 Å². The largest absolute Gasteiger partial charge is 0.408 e. The van der Waals surface area contributed by atoms with E-state index in [4.69, 9.17) is 4.84 Å². The standard InChI is InChI=1S/C21H13F4N3O4/c22-17-13-6-5-10(7-16(13)27(26-17)9-21(23,24)25)14-8-15(14)20(31)32-28-18(29)11-3-1-2-4-12(11)19(28)30/h1-7,14-15H,8-9H2/t14-,15+/m1/s1. The maximum absolute atomic E-state index is 13.9. The van der Waals surface area contributed by atoms with Crippen molar-refractivity contribution in [1.29, 1.82) is 0 Å². The number of hydrogen-bond donors (Lipinski definition) is 0. The molecule has 0 radical (unpaired) electrons. The molecule has 3 aromatic rings. The Morgan fingerprint density at radius 1 is 1.09 bits per heavy atom. The van der Waals surface area contributed by atoms with Gasteiger partial charge < -0.3 is 4.84 Å². The van der Waals surface area contributed by atoms with Gasteiger partial charge in [0.05, 0.1) is 27.9 Å². The number of hydrogen-bond acceptors (Lipinski definition) is 5. The molecule has 1 saturated carbocycles.